The zero-order chi connectivity index (χ0) is 22.7. The predicted octanol–water partition coefficient (Wildman–Crippen LogP) is 4.80. The van der Waals surface area contributed by atoms with Gasteiger partial charge in [0.25, 0.3) is 0 Å². The molecule has 0 saturated heterocycles. The van der Waals surface area contributed by atoms with Crippen molar-refractivity contribution in [2.75, 3.05) is 5.32 Å². The van der Waals surface area contributed by atoms with E-state index in [9.17, 15) is 9.18 Å². The van der Waals surface area contributed by atoms with Crippen LogP contribution in [0.25, 0.3) is 11.4 Å². The Morgan fingerprint density at radius 1 is 1.16 bits per heavy atom. The molecular weight excluding hydrogens is 409 g/mol. The first kappa shape index (κ1) is 21.7. The number of ether oxygens (including phenoxy) is 1. The molecule has 4 rings (SSSR count). The highest BCUT2D eigenvalue weighted by molar-refractivity contribution is 5.69. The molecule has 166 valence electrons. The molecule has 1 unspecified atom stereocenters. The minimum absolute atomic E-state index is 0.0982. The predicted molar refractivity (Wildman–Crippen MR) is 120 cm³/mol. The van der Waals surface area contributed by atoms with E-state index in [1.54, 1.807) is 24.5 Å². The summed E-state index contributed by atoms with van der Waals surface area (Å²) in [5.74, 6) is 0.897. The first-order valence-electron chi connectivity index (χ1n) is 10.6. The van der Waals surface area contributed by atoms with Gasteiger partial charge in [-0.05, 0) is 76.4 Å². The summed E-state index contributed by atoms with van der Waals surface area (Å²) in [7, 11) is 0. The molecule has 1 aromatic carbocycles. The Labute approximate surface area is 186 Å². The lowest BCUT2D eigenvalue weighted by Gasteiger charge is -2.28. The fourth-order valence-electron chi connectivity index (χ4n) is 3.61. The smallest absolute Gasteiger partial charge is 0.407 e. The number of pyridine rings is 1. The molecule has 3 aromatic rings. The molecule has 1 amide bonds. The average Bonchev–Trinajstić information content (AvgIpc) is 2.75. The number of hydrogen-bond donors (Lipinski definition) is 2. The van der Waals surface area contributed by atoms with E-state index in [1.165, 1.54) is 12.1 Å². The minimum atomic E-state index is -0.562. The highest BCUT2D eigenvalue weighted by Gasteiger charge is 2.27. The highest BCUT2D eigenvalue weighted by atomic mass is 19.1. The van der Waals surface area contributed by atoms with Gasteiger partial charge in [0.1, 0.15) is 17.2 Å². The van der Waals surface area contributed by atoms with Gasteiger partial charge in [-0.1, -0.05) is 0 Å². The number of carbonyl (C=O) groups excluding carboxylic acids is 1. The lowest BCUT2D eigenvalue weighted by atomic mass is 9.91. The molecule has 0 saturated carbocycles. The Morgan fingerprint density at radius 3 is 2.62 bits per heavy atom. The van der Waals surface area contributed by atoms with Gasteiger partial charge in [0, 0.05) is 40.9 Å². The Hall–Kier alpha value is -3.55. The third-order valence-corrected chi connectivity index (χ3v) is 5.02. The number of nitrogens with zero attached hydrogens (tertiary/aromatic N) is 3. The summed E-state index contributed by atoms with van der Waals surface area (Å²) in [5, 5.41) is 6.26. The SMILES string of the molecule is CC(C)(C)OC(=O)NC1CCc2nc(-c3cccnc3)nc(Nc3ccc(F)cc3)c2C1. The molecule has 8 heteroatoms. The third-order valence-electron chi connectivity index (χ3n) is 5.02. The van der Waals surface area contributed by atoms with Gasteiger partial charge in [-0.15, -0.1) is 0 Å². The van der Waals surface area contributed by atoms with Crippen LogP contribution in [0.5, 0.6) is 0 Å². The number of nitrogens with one attached hydrogen (secondary N) is 2. The lowest BCUT2D eigenvalue weighted by Crippen LogP contribution is -2.42. The molecule has 0 aliphatic heterocycles. The maximum absolute atomic E-state index is 13.4. The van der Waals surface area contributed by atoms with Gasteiger partial charge in [0.05, 0.1) is 0 Å². The summed E-state index contributed by atoms with van der Waals surface area (Å²) in [6.07, 6.45) is 4.97. The van der Waals surface area contributed by atoms with Crippen LogP contribution in [0.2, 0.25) is 0 Å². The second-order valence-corrected chi connectivity index (χ2v) is 8.78. The second kappa shape index (κ2) is 8.90. The van der Waals surface area contributed by atoms with E-state index >= 15 is 0 Å². The number of benzene rings is 1. The van der Waals surface area contributed by atoms with Crippen molar-refractivity contribution in [1.29, 1.82) is 0 Å². The molecule has 0 spiro atoms. The molecule has 7 nitrogen and oxygen atoms in total. The number of rotatable bonds is 4. The molecule has 1 aliphatic rings. The van der Waals surface area contributed by atoms with E-state index in [0.29, 0.717) is 30.2 Å². The summed E-state index contributed by atoms with van der Waals surface area (Å²) < 4.78 is 18.8. The van der Waals surface area contributed by atoms with E-state index in [4.69, 9.17) is 14.7 Å². The third kappa shape index (κ3) is 5.38. The number of anilines is 2. The molecule has 1 aliphatic carbocycles. The second-order valence-electron chi connectivity index (χ2n) is 8.78. The molecule has 0 radical (unpaired) electrons. The van der Waals surface area contributed by atoms with Crippen LogP contribution >= 0.6 is 0 Å². The standard InChI is InChI=1S/C24H26FN5O2/c1-24(2,3)32-23(31)28-18-10-11-20-19(13-18)22(27-17-8-6-16(25)7-9-17)30-21(29-20)15-5-4-12-26-14-15/h4-9,12,14,18H,10-11,13H2,1-3H3,(H,28,31)(H,27,29,30). The van der Waals surface area contributed by atoms with Crippen LogP contribution in [-0.4, -0.2) is 32.7 Å². The van der Waals surface area contributed by atoms with Crippen LogP contribution in [-0.2, 0) is 17.6 Å². The summed E-state index contributed by atoms with van der Waals surface area (Å²) in [5.41, 5.74) is 2.81. The monoisotopic (exact) mass is 435 g/mol. The Bertz CT molecular complexity index is 1100. The van der Waals surface area contributed by atoms with Crippen LogP contribution in [0, 0.1) is 5.82 Å². The topological polar surface area (TPSA) is 89.0 Å². The van der Waals surface area contributed by atoms with Gasteiger partial charge < -0.3 is 15.4 Å². The molecule has 2 heterocycles. The van der Waals surface area contributed by atoms with Crippen molar-refractivity contribution >= 4 is 17.6 Å². The number of alkyl carbamates (subject to hydrolysis) is 1. The van der Waals surface area contributed by atoms with Crippen LogP contribution in [0.3, 0.4) is 0 Å². The molecule has 1 atom stereocenters. The maximum Gasteiger partial charge on any atom is 0.407 e. The van der Waals surface area contributed by atoms with Gasteiger partial charge in [-0.3, -0.25) is 4.98 Å². The number of hydrogen-bond acceptors (Lipinski definition) is 6. The molecule has 32 heavy (non-hydrogen) atoms. The number of aromatic nitrogens is 3. The normalized spacial score (nSPS) is 15.6. The number of aryl methyl sites for hydroxylation is 1. The highest BCUT2D eigenvalue weighted by Crippen LogP contribution is 2.30. The summed E-state index contributed by atoms with van der Waals surface area (Å²) in [6.45, 7) is 5.50. The van der Waals surface area contributed by atoms with E-state index in [0.717, 1.165) is 23.2 Å². The zero-order valence-corrected chi connectivity index (χ0v) is 18.4. The van der Waals surface area contributed by atoms with E-state index < -0.39 is 11.7 Å². The molecule has 2 aromatic heterocycles. The van der Waals surface area contributed by atoms with Gasteiger partial charge >= 0.3 is 6.09 Å². The van der Waals surface area contributed by atoms with Crippen molar-refractivity contribution in [2.24, 2.45) is 0 Å². The largest absolute Gasteiger partial charge is 0.444 e. The Balaban J connectivity index is 1.64. The Morgan fingerprint density at radius 2 is 1.94 bits per heavy atom. The fourth-order valence-corrected chi connectivity index (χ4v) is 3.61. The molecule has 0 fully saturated rings. The van der Waals surface area contributed by atoms with Crippen molar-refractivity contribution in [2.45, 2.75) is 51.7 Å². The van der Waals surface area contributed by atoms with Gasteiger partial charge in [-0.2, -0.15) is 0 Å². The average molecular weight is 436 g/mol. The number of fused-ring (bicyclic) bond motifs is 1. The maximum atomic E-state index is 13.4. The van der Waals surface area contributed by atoms with Gasteiger partial charge in [0.2, 0.25) is 0 Å². The first-order chi connectivity index (χ1) is 15.3. The fraction of sp³-hybridized carbons (Fsp3) is 0.333. The van der Waals surface area contributed by atoms with Crippen LogP contribution < -0.4 is 10.6 Å². The quantitative estimate of drug-likeness (QED) is 0.612. The van der Waals surface area contributed by atoms with Crippen molar-refractivity contribution in [1.82, 2.24) is 20.3 Å². The van der Waals surface area contributed by atoms with Crippen LogP contribution in [0.15, 0.2) is 48.8 Å². The first-order valence-corrected chi connectivity index (χ1v) is 10.6. The van der Waals surface area contributed by atoms with Crippen molar-refractivity contribution < 1.29 is 13.9 Å². The summed E-state index contributed by atoms with van der Waals surface area (Å²) >= 11 is 0. The van der Waals surface area contributed by atoms with Crippen molar-refractivity contribution in [3.63, 3.8) is 0 Å². The number of halogens is 1. The molecule has 2 N–H and O–H groups in total. The van der Waals surface area contributed by atoms with Crippen LogP contribution in [0.1, 0.15) is 38.4 Å². The van der Waals surface area contributed by atoms with Crippen molar-refractivity contribution in [3.8, 4) is 11.4 Å². The van der Waals surface area contributed by atoms with Crippen LogP contribution in [0.4, 0.5) is 20.7 Å². The lowest BCUT2D eigenvalue weighted by molar-refractivity contribution is 0.0500. The van der Waals surface area contributed by atoms with Crippen molar-refractivity contribution in [3.05, 3.63) is 65.9 Å². The van der Waals surface area contributed by atoms with Gasteiger partial charge in [-0.25, -0.2) is 19.2 Å². The van der Waals surface area contributed by atoms with E-state index in [-0.39, 0.29) is 11.9 Å². The van der Waals surface area contributed by atoms with E-state index in [2.05, 4.69) is 15.6 Å². The minimum Gasteiger partial charge on any atom is -0.444 e. The molecular formula is C24H26FN5O2. The number of carbonyl (C=O) groups is 1. The van der Waals surface area contributed by atoms with E-state index in [1.807, 2.05) is 32.9 Å². The summed E-state index contributed by atoms with van der Waals surface area (Å²) in [4.78, 5) is 26.0. The van der Waals surface area contributed by atoms with Gasteiger partial charge in [0.15, 0.2) is 5.82 Å². The summed E-state index contributed by atoms with van der Waals surface area (Å²) in [6, 6.07) is 9.76. The molecule has 0 bridgehead atoms. The Kier molecular flexibility index (Phi) is 6.03. The number of amides is 1. The zero-order valence-electron chi connectivity index (χ0n) is 18.4.